The van der Waals surface area contributed by atoms with E-state index in [1.807, 2.05) is 36.4 Å². The Labute approximate surface area is 109 Å². The van der Waals surface area contributed by atoms with E-state index in [0.29, 0.717) is 6.61 Å². The first kappa shape index (κ1) is 11.9. The lowest BCUT2D eigenvalue weighted by Crippen LogP contribution is -1.97. The van der Waals surface area contributed by atoms with E-state index < -0.39 is 0 Å². The summed E-state index contributed by atoms with van der Waals surface area (Å²) >= 11 is 3.33. The molecule has 0 unspecified atom stereocenters. The third-order valence-electron chi connectivity index (χ3n) is 2.25. The molecule has 2 aromatic rings. The third-order valence-corrected chi connectivity index (χ3v) is 2.69. The van der Waals surface area contributed by atoms with E-state index in [-0.39, 0.29) is 0 Å². The minimum Gasteiger partial charge on any atom is -0.493 e. The zero-order valence-electron chi connectivity index (χ0n) is 9.39. The van der Waals surface area contributed by atoms with Crippen LogP contribution in [-0.2, 0) is 6.61 Å². The van der Waals surface area contributed by atoms with Crippen LogP contribution in [0.2, 0.25) is 0 Å². The number of methoxy groups -OCH3 is 1. The molecule has 0 aliphatic carbocycles. The van der Waals surface area contributed by atoms with Gasteiger partial charge in [0.05, 0.1) is 7.11 Å². The fourth-order valence-corrected chi connectivity index (χ4v) is 1.84. The molecule has 0 N–H and O–H groups in total. The van der Waals surface area contributed by atoms with E-state index in [1.54, 1.807) is 13.3 Å². The van der Waals surface area contributed by atoms with Crippen LogP contribution in [0.4, 0.5) is 0 Å². The summed E-state index contributed by atoms with van der Waals surface area (Å²) in [6, 6.07) is 11.4. The summed E-state index contributed by atoms with van der Waals surface area (Å²) in [4.78, 5) is 4.06. The van der Waals surface area contributed by atoms with E-state index in [2.05, 4.69) is 20.9 Å². The third kappa shape index (κ3) is 3.20. The molecule has 0 aliphatic heterocycles. The minimum absolute atomic E-state index is 0.488. The van der Waals surface area contributed by atoms with E-state index >= 15 is 0 Å². The molecule has 0 aliphatic rings. The number of aromatic nitrogens is 1. The second kappa shape index (κ2) is 5.68. The van der Waals surface area contributed by atoms with Crippen LogP contribution in [0.15, 0.2) is 47.2 Å². The average Bonchev–Trinajstić information content (AvgIpc) is 2.37. The lowest BCUT2D eigenvalue weighted by molar-refractivity contribution is 0.284. The van der Waals surface area contributed by atoms with Gasteiger partial charge < -0.3 is 9.47 Å². The molecule has 0 amide bonds. The molecule has 1 heterocycles. The van der Waals surface area contributed by atoms with Gasteiger partial charge in [-0.25, -0.2) is 4.98 Å². The molecule has 4 heteroatoms. The summed E-state index contributed by atoms with van der Waals surface area (Å²) in [7, 11) is 1.63. The maximum Gasteiger partial charge on any atom is 0.161 e. The Bertz CT molecular complexity index is 502. The zero-order chi connectivity index (χ0) is 12.1. The lowest BCUT2D eigenvalue weighted by atomic mass is 10.3. The number of halogens is 1. The van der Waals surface area contributed by atoms with Crippen molar-refractivity contribution in [2.75, 3.05) is 7.11 Å². The van der Waals surface area contributed by atoms with Crippen molar-refractivity contribution in [2.45, 2.75) is 6.61 Å². The number of hydrogen-bond acceptors (Lipinski definition) is 3. The standard InChI is InChI=1S/C13H12BrNO2/c1-16-11-4-2-3-5-12(11)17-9-10-6-7-15-13(14)8-10/h2-8H,9H2,1H3. The highest BCUT2D eigenvalue weighted by Crippen LogP contribution is 2.26. The monoisotopic (exact) mass is 293 g/mol. The van der Waals surface area contributed by atoms with Crippen LogP contribution < -0.4 is 9.47 Å². The molecule has 0 radical (unpaired) electrons. The summed E-state index contributed by atoms with van der Waals surface area (Å²) < 4.78 is 11.7. The van der Waals surface area contributed by atoms with Gasteiger partial charge >= 0.3 is 0 Å². The van der Waals surface area contributed by atoms with Crippen molar-refractivity contribution in [1.29, 1.82) is 0 Å². The molecule has 0 bridgehead atoms. The summed E-state index contributed by atoms with van der Waals surface area (Å²) in [6.45, 7) is 0.488. The molecule has 0 saturated heterocycles. The van der Waals surface area contributed by atoms with Crippen LogP contribution in [0.1, 0.15) is 5.56 Å². The normalized spacial score (nSPS) is 10.0. The van der Waals surface area contributed by atoms with Crippen molar-refractivity contribution < 1.29 is 9.47 Å². The van der Waals surface area contributed by atoms with Crippen LogP contribution in [0.3, 0.4) is 0 Å². The van der Waals surface area contributed by atoms with E-state index in [0.717, 1.165) is 21.7 Å². The van der Waals surface area contributed by atoms with Crippen molar-refractivity contribution in [2.24, 2.45) is 0 Å². The molecular weight excluding hydrogens is 282 g/mol. The van der Waals surface area contributed by atoms with Gasteiger partial charge in [0.2, 0.25) is 0 Å². The topological polar surface area (TPSA) is 31.4 Å². The van der Waals surface area contributed by atoms with Gasteiger partial charge in [0.25, 0.3) is 0 Å². The first-order chi connectivity index (χ1) is 8.29. The van der Waals surface area contributed by atoms with Gasteiger partial charge in [-0.3, -0.25) is 0 Å². The van der Waals surface area contributed by atoms with Crippen LogP contribution in [0, 0.1) is 0 Å². The Morgan fingerprint density at radius 1 is 1.18 bits per heavy atom. The van der Waals surface area contributed by atoms with E-state index in [1.165, 1.54) is 0 Å². The molecular formula is C13H12BrNO2. The van der Waals surface area contributed by atoms with Crippen LogP contribution in [0.25, 0.3) is 0 Å². The highest BCUT2D eigenvalue weighted by Gasteiger charge is 2.03. The summed E-state index contributed by atoms with van der Waals surface area (Å²) in [5.41, 5.74) is 1.05. The smallest absolute Gasteiger partial charge is 0.161 e. The van der Waals surface area contributed by atoms with Crippen LogP contribution in [-0.4, -0.2) is 12.1 Å². The fraction of sp³-hybridized carbons (Fsp3) is 0.154. The number of ether oxygens (including phenoxy) is 2. The van der Waals surface area contributed by atoms with Gasteiger partial charge in [0, 0.05) is 6.20 Å². The number of hydrogen-bond donors (Lipinski definition) is 0. The predicted octanol–water partition coefficient (Wildman–Crippen LogP) is 3.43. The van der Waals surface area contributed by atoms with Gasteiger partial charge in [-0.1, -0.05) is 12.1 Å². The highest BCUT2D eigenvalue weighted by molar-refractivity contribution is 9.10. The number of benzene rings is 1. The number of nitrogens with zero attached hydrogens (tertiary/aromatic N) is 1. The lowest BCUT2D eigenvalue weighted by Gasteiger charge is -2.10. The molecule has 3 nitrogen and oxygen atoms in total. The van der Waals surface area contributed by atoms with Crippen molar-refractivity contribution in [3.8, 4) is 11.5 Å². The van der Waals surface area contributed by atoms with Crippen molar-refractivity contribution in [3.05, 3.63) is 52.8 Å². The molecule has 1 aromatic heterocycles. The minimum atomic E-state index is 0.488. The molecule has 0 saturated carbocycles. The number of rotatable bonds is 4. The quantitative estimate of drug-likeness (QED) is 0.810. The molecule has 0 fully saturated rings. The largest absolute Gasteiger partial charge is 0.493 e. The van der Waals surface area contributed by atoms with Crippen molar-refractivity contribution in [3.63, 3.8) is 0 Å². The second-order valence-electron chi connectivity index (χ2n) is 3.43. The molecule has 17 heavy (non-hydrogen) atoms. The average molecular weight is 294 g/mol. The molecule has 0 spiro atoms. The summed E-state index contributed by atoms with van der Waals surface area (Å²) in [6.07, 6.45) is 1.74. The Morgan fingerprint density at radius 2 is 1.94 bits per heavy atom. The van der Waals surface area contributed by atoms with Gasteiger partial charge in [0.1, 0.15) is 11.2 Å². The van der Waals surface area contributed by atoms with E-state index in [4.69, 9.17) is 9.47 Å². The van der Waals surface area contributed by atoms with Crippen molar-refractivity contribution in [1.82, 2.24) is 4.98 Å². The van der Waals surface area contributed by atoms with Gasteiger partial charge in [-0.15, -0.1) is 0 Å². The van der Waals surface area contributed by atoms with Gasteiger partial charge in [0.15, 0.2) is 11.5 Å². The molecule has 88 valence electrons. The Kier molecular flexibility index (Phi) is 3.98. The fourth-order valence-electron chi connectivity index (χ4n) is 1.43. The predicted molar refractivity (Wildman–Crippen MR) is 69.3 cm³/mol. The Morgan fingerprint density at radius 3 is 2.65 bits per heavy atom. The van der Waals surface area contributed by atoms with Crippen LogP contribution in [0.5, 0.6) is 11.5 Å². The molecule has 0 atom stereocenters. The second-order valence-corrected chi connectivity index (χ2v) is 4.24. The number of para-hydroxylation sites is 2. The summed E-state index contributed by atoms with van der Waals surface area (Å²) in [5.74, 6) is 1.48. The summed E-state index contributed by atoms with van der Waals surface area (Å²) in [5, 5.41) is 0. The SMILES string of the molecule is COc1ccccc1OCc1ccnc(Br)c1. The maximum atomic E-state index is 5.70. The molecule has 1 aromatic carbocycles. The van der Waals surface area contributed by atoms with Crippen molar-refractivity contribution >= 4 is 15.9 Å². The first-order valence-electron chi connectivity index (χ1n) is 5.16. The highest BCUT2D eigenvalue weighted by atomic mass is 79.9. The zero-order valence-corrected chi connectivity index (χ0v) is 11.0. The van der Waals surface area contributed by atoms with Crippen LogP contribution >= 0.6 is 15.9 Å². The van der Waals surface area contributed by atoms with E-state index in [9.17, 15) is 0 Å². The maximum absolute atomic E-state index is 5.70. The Balaban J connectivity index is 2.07. The Hall–Kier alpha value is -1.55. The molecule has 2 rings (SSSR count). The van der Waals surface area contributed by atoms with Gasteiger partial charge in [-0.05, 0) is 45.8 Å². The van der Waals surface area contributed by atoms with Gasteiger partial charge in [-0.2, -0.15) is 0 Å². The number of pyridine rings is 1. The first-order valence-corrected chi connectivity index (χ1v) is 5.95.